The van der Waals surface area contributed by atoms with Gasteiger partial charge in [-0.1, -0.05) is 30.3 Å². The molecule has 1 aromatic rings. The fraction of sp³-hybridized carbons (Fsp3) is 0.588. The molecule has 0 saturated carbocycles. The van der Waals surface area contributed by atoms with Crippen LogP contribution in [-0.4, -0.2) is 80.3 Å². The van der Waals surface area contributed by atoms with Crippen LogP contribution >= 0.6 is 0 Å². The van der Waals surface area contributed by atoms with Crippen LogP contribution in [-0.2, 0) is 9.53 Å². The number of aliphatic hydroxyl groups excluding tert-OH is 1. The minimum atomic E-state index is -0.458. The molecular weight excluding hydrogens is 294 g/mol. The van der Waals surface area contributed by atoms with Gasteiger partial charge in [0.25, 0.3) is 0 Å². The lowest BCUT2D eigenvalue weighted by molar-refractivity contribution is -0.122. The minimum Gasteiger partial charge on any atom is -0.387 e. The third kappa shape index (κ3) is 6.27. The summed E-state index contributed by atoms with van der Waals surface area (Å²) in [6.07, 6.45) is -0.458. The molecule has 0 radical (unpaired) electrons. The molecule has 128 valence electrons. The lowest BCUT2D eigenvalue weighted by atomic mass is 10.1. The van der Waals surface area contributed by atoms with Gasteiger partial charge in [-0.05, 0) is 5.56 Å². The van der Waals surface area contributed by atoms with Gasteiger partial charge < -0.3 is 15.2 Å². The lowest BCUT2D eigenvalue weighted by Gasteiger charge is -2.35. The molecule has 2 rings (SSSR count). The van der Waals surface area contributed by atoms with Crippen molar-refractivity contribution in [2.24, 2.45) is 0 Å². The average Bonchev–Trinajstić information content (AvgIpc) is 2.57. The molecule has 1 aromatic carbocycles. The standard InChI is InChI=1S/C17H27N3O3/c1-23-12-7-18-17(22)14-20-10-8-19(9-11-20)13-16(21)15-5-3-2-4-6-15/h2-6,16,21H,7-14H2,1H3,(H,18,22). The molecule has 1 fully saturated rings. The van der Waals surface area contributed by atoms with Gasteiger partial charge in [0.2, 0.25) is 5.91 Å². The van der Waals surface area contributed by atoms with E-state index in [0.29, 0.717) is 26.2 Å². The van der Waals surface area contributed by atoms with Crippen LogP contribution in [0.2, 0.25) is 0 Å². The van der Waals surface area contributed by atoms with E-state index in [2.05, 4.69) is 15.1 Å². The van der Waals surface area contributed by atoms with E-state index in [1.807, 2.05) is 30.3 Å². The van der Waals surface area contributed by atoms with Crippen molar-refractivity contribution in [1.29, 1.82) is 0 Å². The molecule has 0 spiro atoms. The van der Waals surface area contributed by atoms with Gasteiger partial charge in [0.05, 0.1) is 19.3 Å². The van der Waals surface area contributed by atoms with Gasteiger partial charge in [-0.15, -0.1) is 0 Å². The fourth-order valence-corrected chi connectivity index (χ4v) is 2.71. The number of piperazine rings is 1. The van der Waals surface area contributed by atoms with Crippen LogP contribution in [0.25, 0.3) is 0 Å². The van der Waals surface area contributed by atoms with E-state index in [1.54, 1.807) is 7.11 Å². The summed E-state index contributed by atoms with van der Waals surface area (Å²) in [6.45, 7) is 5.59. The number of nitrogens with zero attached hydrogens (tertiary/aromatic N) is 2. The Balaban J connectivity index is 1.66. The van der Waals surface area contributed by atoms with Crippen molar-refractivity contribution in [2.75, 3.05) is 59.5 Å². The number of ether oxygens (including phenoxy) is 1. The van der Waals surface area contributed by atoms with Gasteiger partial charge in [-0.25, -0.2) is 0 Å². The van der Waals surface area contributed by atoms with Crippen LogP contribution in [0, 0.1) is 0 Å². The van der Waals surface area contributed by atoms with Gasteiger partial charge in [0.15, 0.2) is 0 Å². The molecule has 1 aliphatic rings. The van der Waals surface area contributed by atoms with Crippen molar-refractivity contribution in [3.63, 3.8) is 0 Å². The molecule has 6 heteroatoms. The summed E-state index contributed by atoms with van der Waals surface area (Å²) in [5.41, 5.74) is 0.951. The Morgan fingerprint density at radius 2 is 1.87 bits per heavy atom. The van der Waals surface area contributed by atoms with E-state index < -0.39 is 6.10 Å². The third-order valence-electron chi connectivity index (χ3n) is 4.08. The first-order chi connectivity index (χ1) is 11.2. The summed E-state index contributed by atoms with van der Waals surface area (Å²) >= 11 is 0. The summed E-state index contributed by atoms with van der Waals surface area (Å²) in [5, 5.41) is 13.1. The Morgan fingerprint density at radius 3 is 2.52 bits per heavy atom. The number of β-amino-alcohol motifs (C(OH)–C–C–N with tert-alkyl or cyclic N) is 1. The molecule has 0 aromatic heterocycles. The van der Waals surface area contributed by atoms with Crippen LogP contribution in [0.1, 0.15) is 11.7 Å². The van der Waals surface area contributed by atoms with E-state index in [-0.39, 0.29) is 5.91 Å². The Kier molecular flexibility index (Phi) is 7.48. The Bertz CT molecular complexity index is 461. The topological polar surface area (TPSA) is 65.0 Å². The Hall–Kier alpha value is -1.47. The third-order valence-corrected chi connectivity index (χ3v) is 4.08. The number of hydrogen-bond acceptors (Lipinski definition) is 5. The smallest absolute Gasteiger partial charge is 0.234 e. The van der Waals surface area contributed by atoms with Crippen LogP contribution in [0.3, 0.4) is 0 Å². The molecular formula is C17H27N3O3. The zero-order valence-corrected chi connectivity index (χ0v) is 13.8. The number of benzene rings is 1. The SMILES string of the molecule is COCCNC(=O)CN1CCN(CC(O)c2ccccc2)CC1. The molecule has 0 bridgehead atoms. The van der Waals surface area contributed by atoms with Gasteiger partial charge in [-0.3, -0.25) is 14.6 Å². The van der Waals surface area contributed by atoms with E-state index in [4.69, 9.17) is 4.74 Å². The van der Waals surface area contributed by atoms with Crippen LogP contribution in [0.4, 0.5) is 0 Å². The number of carbonyl (C=O) groups is 1. The maximum Gasteiger partial charge on any atom is 0.234 e. The number of hydrogen-bond donors (Lipinski definition) is 2. The fourth-order valence-electron chi connectivity index (χ4n) is 2.71. The highest BCUT2D eigenvalue weighted by Crippen LogP contribution is 2.14. The lowest BCUT2D eigenvalue weighted by Crippen LogP contribution is -2.50. The highest BCUT2D eigenvalue weighted by molar-refractivity contribution is 5.77. The van der Waals surface area contributed by atoms with Crippen molar-refractivity contribution in [1.82, 2.24) is 15.1 Å². The number of aliphatic hydroxyl groups is 1. The van der Waals surface area contributed by atoms with Crippen molar-refractivity contribution in [2.45, 2.75) is 6.10 Å². The van der Waals surface area contributed by atoms with Crippen molar-refractivity contribution >= 4 is 5.91 Å². The molecule has 23 heavy (non-hydrogen) atoms. The van der Waals surface area contributed by atoms with Crippen molar-refractivity contribution in [3.05, 3.63) is 35.9 Å². The number of amides is 1. The second kappa shape index (κ2) is 9.62. The number of carbonyl (C=O) groups excluding carboxylic acids is 1. The first kappa shape index (κ1) is 17.9. The van der Waals surface area contributed by atoms with Crippen LogP contribution < -0.4 is 5.32 Å². The number of rotatable bonds is 8. The zero-order chi connectivity index (χ0) is 16.5. The molecule has 1 amide bonds. The molecule has 0 aliphatic carbocycles. The highest BCUT2D eigenvalue weighted by atomic mass is 16.5. The second-order valence-corrected chi connectivity index (χ2v) is 5.85. The highest BCUT2D eigenvalue weighted by Gasteiger charge is 2.21. The first-order valence-corrected chi connectivity index (χ1v) is 8.12. The average molecular weight is 321 g/mol. The predicted octanol–water partition coefficient (Wildman–Crippen LogP) is 0.100. The van der Waals surface area contributed by atoms with Crippen LogP contribution in [0.5, 0.6) is 0 Å². The van der Waals surface area contributed by atoms with E-state index in [1.165, 1.54) is 0 Å². The molecule has 1 atom stereocenters. The molecule has 6 nitrogen and oxygen atoms in total. The largest absolute Gasteiger partial charge is 0.387 e. The van der Waals surface area contributed by atoms with Crippen molar-refractivity contribution in [3.8, 4) is 0 Å². The van der Waals surface area contributed by atoms with Gasteiger partial charge in [0, 0.05) is 46.4 Å². The second-order valence-electron chi connectivity index (χ2n) is 5.85. The minimum absolute atomic E-state index is 0.0415. The van der Waals surface area contributed by atoms with Crippen molar-refractivity contribution < 1.29 is 14.6 Å². The summed E-state index contributed by atoms with van der Waals surface area (Å²) in [6, 6.07) is 9.74. The quantitative estimate of drug-likeness (QED) is 0.665. The maximum absolute atomic E-state index is 11.8. The summed E-state index contributed by atoms with van der Waals surface area (Å²) in [5.74, 6) is 0.0415. The molecule has 1 aliphatic heterocycles. The predicted molar refractivity (Wildman–Crippen MR) is 89.2 cm³/mol. The molecule has 1 heterocycles. The summed E-state index contributed by atoms with van der Waals surface area (Å²) in [7, 11) is 1.62. The normalized spacial score (nSPS) is 17.8. The van der Waals surface area contributed by atoms with E-state index in [9.17, 15) is 9.90 Å². The first-order valence-electron chi connectivity index (χ1n) is 8.12. The number of methoxy groups -OCH3 is 1. The monoisotopic (exact) mass is 321 g/mol. The summed E-state index contributed by atoms with van der Waals surface area (Å²) in [4.78, 5) is 16.2. The number of nitrogens with one attached hydrogen (secondary N) is 1. The Labute approximate surface area is 138 Å². The molecule has 1 unspecified atom stereocenters. The zero-order valence-electron chi connectivity index (χ0n) is 13.8. The maximum atomic E-state index is 11.8. The Morgan fingerprint density at radius 1 is 1.22 bits per heavy atom. The van der Waals surface area contributed by atoms with Crippen LogP contribution in [0.15, 0.2) is 30.3 Å². The van der Waals surface area contributed by atoms with Gasteiger partial charge in [-0.2, -0.15) is 0 Å². The summed E-state index contributed by atoms with van der Waals surface area (Å²) < 4.78 is 4.91. The molecule has 2 N–H and O–H groups in total. The van der Waals surface area contributed by atoms with E-state index >= 15 is 0 Å². The molecule has 1 saturated heterocycles. The van der Waals surface area contributed by atoms with E-state index in [0.717, 1.165) is 31.7 Å². The van der Waals surface area contributed by atoms with Gasteiger partial charge >= 0.3 is 0 Å². The van der Waals surface area contributed by atoms with Gasteiger partial charge in [0.1, 0.15) is 0 Å².